The van der Waals surface area contributed by atoms with Gasteiger partial charge in [-0.3, -0.25) is 0 Å². The predicted octanol–water partition coefficient (Wildman–Crippen LogP) is 1.70. The van der Waals surface area contributed by atoms with Crippen molar-refractivity contribution in [1.82, 2.24) is 4.90 Å². The molecule has 66 valence electrons. The lowest BCUT2D eigenvalue weighted by Gasteiger charge is -2.17. The van der Waals surface area contributed by atoms with Crippen LogP contribution in [0.4, 0.5) is 0 Å². The monoisotopic (exact) mass is 157 g/mol. The van der Waals surface area contributed by atoms with Crippen LogP contribution >= 0.6 is 0 Å². The molecule has 0 aromatic rings. The van der Waals surface area contributed by atoms with Gasteiger partial charge in [-0.15, -0.1) is 0 Å². The topological polar surface area (TPSA) is 20.3 Å². The second-order valence-electron chi connectivity index (χ2n) is 3.16. The molecular weight excluding hydrogens is 138 g/mol. The minimum Gasteiger partial charge on any atom is -0.302 e. The lowest BCUT2D eigenvalue weighted by atomic mass is 10.1. The molecule has 0 rings (SSSR count). The number of rotatable bonds is 6. The van der Waals surface area contributed by atoms with Gasteiger partial charge in [0.2, 0.25) is 0 Å². The molecule has 0 aliphatic heterocycles. The van der Waals surface area contributed by atoms with Crippen LogP contribution in [0.5, 0.6) is 0 Å². The smallest absolute Gasteiger partial charge is 0.137 e. The van der Waals surface area contributed by atoms with Crippen molar-refractivity contribution >= 4 is 6.29 Å². The SMILES string of the molecule is CCCCCC(C=O)N(C)C. The van der Waals surface area contributed by atoms with Gasteiger partial charge in [-0.25, -0.2) is 0 Å². The van der Waals surface area contributed by atoms with Crippen molar-refractivity contribution in [2.45, 2.75) is 38.6 Å². The fourth-order valence-corrected chi connectivity index (χ4v) is 1.05. The Morgan fingerprint density at radius 3 is 2.36 bits per heavy atom. The Labute approximate surface area is 69.6 Å². The minimum absolute atomic E-state index is 0.126. The standard InChI is InChI=1S/C9H19NO/c1-4-5-6-7-9(8-11)10(2)3/h8-9H,4-7H2,1-3H3. The van der Waals surface area contributed by atoms with Crippen LogP contribution in [0.3, 0.4) is 0 Å². The molecule has 0 aromatic heterocycles. The number of unbranched alkanes of at least 4 members (excludes halogenated alkanes) is 2. The number of nitrogens with zero attached hydrogens (tertiary/aromatic N) is 1. The highest BCUT2D eigenvalue weighted by molar-refractivity contribution is 5.57. The summed E-state index contributed by atoms with van der Waals surface area (Å²) in [5, 5.41) is 0. The Morgan fingerprint density at radius 1 is 1.36 bits per heavy atom. The van der Waals surface area contributed by atoms with Crippen LogP contribution in [0.2, 0.25) is 0 Å². The molecule has 0 aliphatic carbocycles. The normalized spacial score (nSPS) is 13.5. The average Bonchev–Trinajstić information content (AvgIpc) is 1.97. The molecule has 0 bridgehead atoms. The number of aldehydes is 1. The third-order valence-corrected chi connectivity index (χ3v) is 1.92. The summed E-state index contributed by atoms with van der Waals surface area (Å²) >= 11 is 0. The van der Waals surface area contributed by atoms with E-state index in [2.05, 4.69) is 6.92 Å². The first-order chi connectivity index (χ1) is 5.22. The van der Waals surface area contributed by atoms with Crippen LogP contribution in [0, 0.1) is 0 Å². The van der Waals surface area contributed by atoms with Crippen LogP contribution in [-0.2, 0) is 4.79 Å². The van der Waals surface area contributed by atoms with E-state index in [1.807, 2.05) is 19.0 Å². The molecule has 1 atom stereocenters. The van der Waals surface area contributed by atoms with Crippen molar-refractivity contribution < 1.29 is 4.79 Å². The molecule has 2 heteroatoms. The molecular formula is C9H19NO. The van der Waals surface area contributed by atoms with Gasteiger partial charge in [-0.1, -0.05) is 26.2 Å². The average molecular weight is 157 g/mol. The summed E-state index contributed by atoms with van der Waals surface area (Å²) in [6.07, 6.45) is 5.66. The second kappa shape index (κ2) is 6.35. The zero-order chi connectivity index (χ0) is 8.69. The maximum absolute atomic E-state index is 10.5. The molecule has 0 fully saturated rings. The molecule has 11 heavy (non-hydrogen) atoms. The van der Waals surface area contributed by atoms with Crippen molar-refractivity contribution in [3.8, 4) is 0 Å². The predicted molar refractivity (Wildman–Crippen MR) is 47.7 cm³/mol. The first kappa shape index (κ1) is 10.6. The van der Waals surface area contributed by atoms with E-state index in [1.165, 1.54) is 12.8 Å². The summed E-state index contributed by atoms with van der Waals surface area (Å²) in [6.45, 7) is 2.17. The van der Waals surface area contributed by atoms with Gasteiger partial charge in [0, 0.05) is 0 Å². The number of carbonyl (C=O) groups excluding carboxylic acids is 1. The van der Waals surface area contributed by atoms with Crippen LogP contribution in [0.15, 0.2) is 0 Å². The van der Waals surface area contributed by atoms with Gasteiger partial charge in [0.15, 0.2) is 0 Å². The summed E-state index contributed by atoms with van der Waals surface area (Å²) in [6, 6.07) is 0.126. The third-order valence-electron chi connectivity index (χ3n) is 1.92. The van der Waals surface area contributed by atoms with Crippen molar-refractivity contribution in [3.05, 3.63) is 0 Å². The molecule has 0 radical (unpaired) electrons. The molecule has 1 unspecified atom stereocenters. The molecule has 0 amide bonds. The van der Waals surface area contributed by atoms with E-state index in [4.69, 9.17) is 0 Å². The van der Waals surface area contributed by atoms with Crippen molar-refractivity contribution in [1.29, 1.82) is 0 Å². The van der Waals surface area contributed by atoms with E-state index in [9.17, 15) is 4.79 Å². The van der Waals surface area contributed by atoms with Gasteiger partial charge in [0.05, 0.1) is 6.04 Å². The Balaban J connectivity index is 3.44. The van der Waals surface area contributed by atoms with Gasteiger partial charge < -0.3 is 9.69 Å². The Bertz CT molecular complexity index is 102. The first-order valence-corrected chi connectivity index (χ1v) is 4.34. The van der Waals surface area contributed by atoms with Crippen molar-refractivity contribution in [2.75, 3.05) is 14.1 Å². The summed E-state index contributed by atoms with van der Waals surface area (Å²) in [4.78, 5) is 12.5. The van der Waals surface area contributed by atoms with E-state index in [0.29, 0.717) is 0 Å². The number of likely N-dealkylation sites (N-methyl/N-ethyl adjacent to an activating group) is 1. The first-order valence-electron chi connectivity index (χ1n) is 4.34. The van der Waals surface area contributed by atoms with Crippen molar-refractivity contribution in [3.63, 3.8) is 0 Å². The molecule has 2 nitrogen and oxygen atoms in total. The highest BCUT2D eigenvalue weighted by Gasteiger charge is 2.07. The summed E-state index contributed by atoms with van der Waals surface area (Å²) < 4.78 is 0. The van der Waals surface area contributed by atoms with Crippen LogP contribution in [0.1, 0.15) is 32.6 Å². The minimum atomic E-state index is 0.126. The lowest BCUT2D eigenvalue weighted by molar-refractivity contribution is -0.111. The number of hydrogen-bond donors (Lipinski definition) is 0. The Hall–Kier alpha value is -0.370. The maximum atomic E-state index is 10.5. The maximum Gasteiger partial charge on any atom is 0.137 e. The quantitative estimate of drug-likeness (QED) is 0.432. The third kappa shape index (κ3) is 4.96. The summed E-state index contributed by atoms with van der Waals surface area (Å²) in [5.74, 6) is 0. The Morgan fingerprint density at radius 2 is 2.00 bits per heavy atom. The van der Waals surface area contributed by atoms with Crippen LogP contribution < -0.4 is 0 Å². The molecule has 0 aromatic carbocycles. The second-order valence-corrected chi connectivity index (χ2v) is 3.16. The fourth-order valence-electron chi connectivity index (χ4n) is 1.05. The molecule has 0 aliphatic rings. The molecule has 0 saturated carbocycles. The summed E-state index contributed by atoms with van der Waals surface area (Å²) in [5.41, 5.74) is 0. The highest BCUT2D eigenvalue weighted by atomic mass is 16.1. The highest BCUT2D eigenvalue weighted by Crippen LogP contribution is 2.04. The molecule has 0 heterocycles. The fraction of sp³-hybridized carbons (Fsp3) is 0.889. The van der Waals surface area contributed by atoms with Gasteiger partial charge in [-0.05, 0) is 20.5 Å². The number of carbonyl (C=O) groups is 1. The van der Waals surface area contributed by atoms with E-state index >= 15 is 0 Å². The van der Waals surface area contributed by atoms with E-state index in [-0.39, 0.29) is 6.04 Å². The van der Waals surface area contributed by atoms with E-state index < -0.39 is 0 Å². The van der Waals surface area contributed by atoms with Gasteiger partial charge in [0.1, 0.15) is 6.29 Å². The molecule has 0 saturated heterocycles. The van der Waals surface area contributed by atoms with Gasteiger partial charge >= 0.3 is 0 Å². The summed E-state index contributed by atoms with van der Waals surface area (Å²) in [7, 11) is 3.90. The van der Waals surface area contributed by atoms with Gasteiger partial charge in [-0.2, -0.15) is 0 Å². The molecule has 0 spiro atoms. The number of hydrogen-bond acceptors (Lipinski definition) is 2. The van der Waals surface area contributed by atoms with Crippen molar-refractivity contribution in [2.24, 2.45) is 0 Å². The zero-order valence-corrected chi connectivity index (χ0v) is 7.84. The van der Waals surface area contributed by atoms with Crippen LogP contribution in [-0.4, -0.2) is 31.3 Å². The van der Waals surface area contributed by atoms with E-state index in [0.717, 1.165) is 19.1 Å². The molecule has 0 N–H and O–H groups in total. The zero-order valence-electron chi connectivity index (χ0n) is 7.84. The van der Waals surface area contributed by atoms with E-state index in [1.54, 1.807) is 0 Å². The van der Waals surface area contributed by atoms with Crippen LogP contribution in [0.25, 0.3) is 0 Å². The largest absolute Gasteiger partial charge is 0.302 e. The van der Waals surface area contributed by atoms with Gasteiger partial charge in [0.25, 0.3) is 0 Å². The Kier molecular flexibility index (Phi) is 6.13. The lowest BCUT2D eigenvalue weighted by Crippen LogP contribution is -2.29.